The minimum Gasteiger partial charge on any atom is -0.414 e. The first-order valence-corrected chi connectivity index (χ1v) is 9.70. The van der Waals surface area contributed by atoms with Crippen molar-refractivity contribution in [1.82, 2.24) is 20.4 Å². The minimum atomic E-state index is -0.0987. The van der Waals surface area contributed by atoms with Gasteiger partial charge in [0.2, 0.25) is 17.7 Å². The van der Waals surface area contributed by atoms with E-state index in [0.29, 0.717) is 35.6 Å². The van der Waals surface area contributed by atoms with Crippen molar-refractivity contribution in [2.24, 2.45) is 0 Å². The standard InChI is InChI=1S/C17H19ClN4O3S/c18-13-5-3-12(4-6-13)7-8-19-14(23)11-26-17-21-20-15(25-17)10-22-9-1-2-16(22)24/h3-6H,1-2,7-11H2,(H,19,23). The SMILES string of the molecule is O=C(CSc1nnc(CN2CCCC2=O)o1)NCCc1ccc(Cl)cc1. The van der Waals surface area contributed by atoms with Crippen LogP contribution in [0.2, 0.25) is 5.02 Å². The first kappa shape index (κ1) is 18.7. The van der Waals surface area contributed by atoms with E-state index in [1.54, 1.807) is 4.90 Å². The molecule has 138 valence electrons. The predicted molar refractivity (Wildman–Crippen MR) is 97.8 cm³/mol. The maximum atomic E-state index is 11.9. The molecule has 2 amide bonds. The zero-order chi connectivity index (χ0) is 18.4. The number of rotatable bonds is 8. The maximum Gasteiger partial charge on any atom is 0.277 e. The molecule has 7 nitrogen and oxygen atoms in total. The lowest BCUT2D eigenvalue weighted by Gasteiger charge is -2.11. The Labute approximate surface area is 160 Å². The molecule has 1 aromatic heterocycles. The van der Waals surface area contributed by atoms with Crippen LogP contribution < -0.4 is 5.32 Å². The van der Waals surface area contributed by atoms with Crippen molar-refractivity contribution in [3.8, 4) is 0 Å². The fourth-order valence-electron chi connectivity index (χ4n) is 2.57. The molecule has 2 heterocycles. The van der Waals surface area contributed by atoms with Crippen molar-refractivity contribution in [2.75, 3.05) is 18.8 Å². The molecule has 1 fully saturated rings. The fraction of sp³-hybridized carbons (Fsp3) is 0.412. The number of likely N-dealkylation sites (tertiary alicyclic amines) is 1. The Morgan fingerprint density at radius 3 is 2.85 bits per heavy atom. The van der Waals surface area contributed by atoms with E-state index >= 15 is 0 Å². The zero-order valence-electron chi connectivity index (χ0n) is 14.1. The molecule has 3 rings (SSSR count). The largest absolute Gasteiger partial charge is 0.414 e. The van der Waals surface area contributed by atoms with E-state index in [2.05, 4.69) is 15.5 Å². The highest BCUT2D eigenvalue weighted by atomic mass is 35.5. The molecular weight excluding hydrogens is 376 g/mol. The van der Waals surface area contributed by atoms with Gasteiger partial charge < -0.3 is 14.6 Å². The van der Waals surface area contributed by atoms with Crippen molar-refractivity contribution in [3.05, 3.63) is 40.7 Å². The molecule has 0 radical (unpaired) electrons. The molecule has 0 spiro atoms. The summed E-state index contributed by atoms with van der Waals surface area (Å²) in [6, 6.07) is 7.54. The molecule has 2 aromatic rings. The van der Waals surface area contributed by atoms with Gasteiger partial charge in [-0.1, -0.05) is 35.5 Å². The Hall–Kier alpha value is -2.06. The number of hydrogen-bond donors (Lipinski definition) is 1. The van der Waals surface area contributed by atoms with Gasteiger partial charge >= 0.3 is 0 Å². The molecular formula is C17H19ClN4O3S. The first-order valence-electron chi connectivity index (χ1n) is 8.34. The van der Waals surface area contributed by atoms with Crippen LogP contribution in [0, 0.1) is 0 Å². The lowest BCUT2D eigenvalue weighted by atomic mass is 10.1. The third kappa shape index (κ3) is 5.47. The van der Waals surface area contributed by atoms with E-state index in [9.17, 15) is 9.59 Å². The molecule has 26 heavy (non-hydrogen) atoms. The Morgan fingerprint density at radius 1 is 1.31 bits per heavy atom. The van der Waals surface area contributed by atoms with Crippen LogP contribution in [0.25, 0.3) is 0 Å². The number of carbonyl (C=O) groups is 2. The van der Waals surface area contributed by atoms with Gasteiger partial charge in [0.25, 0.3) is 5.22 Å². The molecule has 9 heteroatoms. The highest BCUT2D eigenvalue weighted by Crippen LogP contribution is 2.18. The lowest BCUT2D eigenvalue weighted by molar-refractivity contribution is -0.128. The number of amides is 2. The number of benzene rings is 1. The Balaban J connectivity index is 1.36. The Kier molecular flexibility index (Phi) is 6.51. The van der Waals surface area contributed by atoms with Gasteiger partial charge in [0, 0.05) is 24.5 Å². The highest BCUT2D eigenvalue weighted by molar-refractivity contribution is 7.99. The average Bonchev–Trinajstić information content (AvgIpc) is 3.24. The number of nitrogens with zero attached hydrogens (tertiary/aromatic N) is 3. The van der Waals surface area contributed by atoms with Crippen LogP contribution >= 0.6 is 23.4 Å². The molecule has 0 aliphatic carbocycles. The summed E-state index contributed by atoms with van der Waals surface area (Å²) >= 11 is 7.02. The van der Waals surface area contributed by atoms with Gasteiger partial charge in [-0.3, -0.25) is 9.59 Å². The smallest absolute Gasteiger partial charge is 0.277 e. The molecule has 0 bridgehead atoms. The summed E-state index contributed by atoms with van der Waals surface area (Å²) in [5.74, 6) is 0.604. The van der Waals surface area contributed by atoms with Gasteiger partial charge in [-0.2, -0.15) is 0 Å². The van der Waals surface area contributed by atoms with E-state index in [-0.39, 0.29) is 17.6 Å². The van der Waals surface area contributed by atoms with Gasteiger partial charge in [-0.25, -0.2) is 0 Å². The third-order valence-electron chi connectivity index (χ3n) is 3.92. The summed E-state index contributed by atoms with van der Waals surface area (Å²) < 4.78 is 5.48. The second-order valence-corrected chi connectivity index (χ2v) is 7.26. The topological polar surface area (TPSA) is 88.3 Å². The van der Waals surface area contributed by atoms with E-state index < -0.39 is 0 Å². The monoisotopic (exact) mass is 394 g/mol. The number of halogens is 1. The van der Waals surface area contributed by atoms with Crippen LogP contribution in [0.3, 0.4) is 0 Å². The molecule has 1 aromatic carbocycles. The van der Waals surface area contributed by atoms with Gasteiger partial charge in [-0.15, -0.1) is 10.2 Å². The van der Waals surface area contributed by atoms with Crippen molar-refractivity contribution in [2.45, 2.75) is 31.0 Å². The Morgan fingerprint density at radius 2 is 2.12 bits per heavy atom. The summed E-state index contributed by atoms with van der Waals surface area (Å²) in [4.78, 5) is 25.2. The number of aromatic nitrogens is 2. The third-order valence-corrected chi connectivity index (χ3v) is 4.99. The number of nitrogens with one attached hydrogen (secondary N) is 1. The normalized spacial score (nSPS) is 14.0. The molecule has 0 atom stereocenters. The zero-order valence-corrected chi connectivity index (χ0v) is 15.7. The van der Waals surface area contributed by atoms with E-state index in [1.807, 2.05) is 24.3 Å². The van der Waals surface area contributed by atoms with Crippen LogP contribution in [-0.2, 0) is 22.6 Å². The summed E-state index contributed by atoms with van der Waals surface area (Å²) in [5, 5.41) is 11.7. The van der Waals surface area contributed by atoms with Crippen molar-refractivity contribution >= 4 is 35.2 Å². The van der Waals surface area contributed by atoms with Crippen molar-refractivity contribution < 1.29 is 14.0 Å². The molecule has 1 aliphatic rings. The Bertz CT molecular complexity index is 766. The second-order valence-electron chi connectivity index (χ2n) is 5.90. The van der Waals surface area contributed by atoms with Crippen LogP contribution in [0.15, 0.2) is 33.9 Å². The van der Waals surface area contributed by atoms with Crippen molar-refractivity contribution in [3.63, 3.8) is 0 Å². The van der Waals surface area contributed by atoms with Gasteiger partial charge in [0.1, 0.15) is 0 Å². The summed E-state index contributed by atoms with van der Waals surface area (Å²) in [7, 11) is 0. The summed E-state index contributed by atoms with van der Waals surface area (Å²) in [5.41, 5.74) is 1.11. The number of thioether (sulfide) groups is 1. The molecule has 1 saturated heterocycles. The second kappa shape index (κ2) is 9.05. The van der Waals surface area contributed by atoms with E-state index in [1.165, 1.54) is 11.8 Å². The van der Waals surface area contributed by atoms with E-state index in [4.69, 9.17) is 16.0 Å². The van der Waals surface area contributed by atoms with Gasteiger partial charge in [-0.05, 0) is 30.5 Å². The lowest BCUT2D eigenvalue weighted by Crippen LogP contribution is -2.27. The van der Waals surface area contributed by atoms with E-state index in [0.717, 1.165) is 24.9 Å². The number of carbonyl (C=O) groups excluding carboxylic acids is 2. The minimum absolute atomic E-state index is 0.0987. The van der Waals surface area contributed by atoms with Crippen LogP contribution in [0.5, 0.6) is 0 Å². The molecule has 0 saturated carbocycles. The molecule has 1 aliphatic heterocycles. The highest BCUT2D eigenvalue weighted by Gasteiger charge is 2.22. The maximum absolute atomic E-state index is 11.9. The predicted octanol–water partition coefficient (Wildman–Crippen LogP) is 2.30. The fourth-order valence-corrected chi connectivity index (χ4v) is 3.31. The average molecular weight is 395 g/mol. The first-order chi connectivity index (χ1) is 12.6. The molecule has 0 unspecified atom stereocenters. The van der Waals surface area contributed by atoms with Gasteiger partial charge in [0.15, 0.2) is 0 Å². The summed E-state index contributed by atoms with van der Waals surface area (Å²) in [6.07, 6.45) is 2.18. The number of hydrogen-bond acceptors (Lipinski definition) is 6. The van der Waals surface area contributed by atoms with Crippen molar-refractivity contribution in [1.29, 1.82) is 0 Å². The van der Waals surface area contributed by atoms with Crippen LogP contribution in [0.4, 0.5) is 0 Å². The van der Waals surface area contributed by atoms with Crippen LogP contribution in [-0.4, -0.2) is 45.8 Å². The summed E-state index contributed by atoms with van der Waals surface area (Å²) in [6.45, 7) is 1.60. The van der Waals surface area contributed by atoms with Crippen LogP contribution in [0.1, 0.15) is 24.3 Å². The quantitative estimate of drug-likeness (QED) is 0.691. The molecule has 1 N–H and O–H groups in total. The van der Waals surface area contributed by atoms with Gasteiger partial charge in [0.05, 0.1) is 12.3 Å².